The molecule has 0 aromatic heterocycles. The van der Waals surface area contributed by atoms with Gasteiger partial charge in [0.25, 0.3) is 0 Å². The average molecular weight is 348 g/mol. The molecule has 0 radical (unpaired) electrons. The van der Waals surface area contributed by atoms with Gasteiger partial charge >= 0.3 is 0 Å². The summed E-state index contributed by atoms with van der Waals surface area (Å²) >= 11 is 0. The normalized spacial score (nSPS) is 20.5. The molecule has 1 aromatic rings. The third-order valence-corrected chi connectivity index (χ3v) is 7.31. The maximum absolute atomic E-state index is 12.3. The van der Waals surface area contributed by atoms with Crippen molar-refractivity contribution >= 4 is 15.6 Å². The second-order valence-electron chi connectivity index (χ2n) is 6.76. The number of hydrogen-bond donors (Lipinski definition) is 0. The summed E-state index contributed by atoms with van der Waals surface area (Å²) in [6.07, 6.45) is 5.59. The van der Waals surface area contributed by atoms with Crippen LogP contribution in [0.4, 0.5) is 0 Å². The van der Waals surface area contributed by atoms with Crippen molar-refractivity contribution < 1.29 is 17.9 Å². The number of allylic oxidation sites excluding steroid dienone is 1. The van der Waals surface area contributed by atoms with Crippen molar-refractivity contribution in [2.24, 2.45) is 5.92 Å². The Morgan fingerprint density at radius 1 is 1.17 bits per heavy atom. The van der Waals surface area contributed by atoms with E-state index >= 15 is 0 Å². The fraction of sp³-hybridized carbons (Fsp3) is 0.526. The lowest BCUT2D eigenvalue weighted by Crippen LogP contribution is -2.21. The average Bonchev–Trinajstić information content (AvgIpc) is 3.46. The van der Waals surface area contributed by atoms with Gasteiger partial charge in [0.2, 0.25) is 0 Å². The van der Waals surface area contributed by atoms with E-state index in [1.807, 2.05) is 0 Å². The Morgan fingerprint density at radius 3 is 2.33 bits per heavy atom. The van der Waals surface area contributed by atoms with E-state index in [9.17, 15) is 13.2 Å². The molecule has 2 aliphatic rings. The topological polar surface area (TPSA) is 60.4 Å². The minimum atomic E-state index is -3.18. The molecule has 0 bridgehead atoms. The molecule has 4 nitrogen and oxygen atoms in total. The highest BCUT2D eigenvalue weighted by molar-refractivity contribution is 7.92. The fourth-order valence-electron chi connectivity index (χ4n) is 3.33. The molecule has 1 atom stereocenters. The van der Waals surface area contributed by atoms with Crippen molar-refractivity contribution in [1.29, 1.82) is 0 Å². The van der Waals surface area contributed by atoms with E-state index in [1.54, 1.807) is 24.3 Å². The molecular weight excluding hydrogens is 324 g/mol. The highest BCUT2D eigenvalue weighted by Crippen LogP contribution is 2.35. The molecule has 2 fully saturated rings. The second-order valence-corrected chi connectivity index (χ2v) is 8.99. The minimum Gasteiger partial charge on any atom is -0.381 e. The summed E-state index contributed by atoms with van der Waals surface area (Å²) < 4.78 is 30.0. The van der Waals surface area contributed by atoms with E-state index in [0.717, 1.165) is 50.9 Å². The van der Waals surface area contributed by atoms with E-state index in [-0.39, 0.29) is 17.0 Å². The van der Waals surface area contributed by atoms with Crippen LogP contribution in [0.1, 0.15) is 43.6 Å². The number of ketones is 1. The van der Waals surface area contributed by atoms with Crippen molar-refractivity contribution in [3.05, 3.63) is 42.5 Å². The molecule has 1 aliphatic carbocycles. The number of hydrogen-bond acceptors (Lipinski definition) is 4. The molecule has 0 amide bonds. The molecule has 1 heterocycles. The predicted octanol–water partition coefficient (Wildman–Crippen LogP) is 3.28. The molecule has 1 saturated carbocycles. The number of carbonyl (C=O) groups is 1. The van der Waals surface area contributed by atoms with Crippen LogP contribution in [0.25, 0.3) is 0 Å². The fourth-order valence-corrected chi connectivity index (χ4v) is 4.99. The highest BCUT2D eigenvalue weighted by atomic mass is 32.2. The summed E-state index contributed by atoms with van der Waals surface area (Å²) in [6, 6.07) is 6.88. The minimum absolute atomic E-state index is 0.000656. The van der Waals surface area contributed by atoms with Gasteiger partial charge in [0, 0.05) is 19.1 Å². The van der Waals surface area contributed by atoms with Crippen LogP contribution in [0.2, 0.25) is 0 Å². The molecule has 5 heteroatoms. The van der Waals surface area contributed by atoms with Crippen molar-refractivity contribution in [2.45, 2.75) is 48.2 Å². The highest BCUT2D eigenvalue weighted by Gasteiger charge is 2.37. The summed E-state index contributed by atoms with van der Waals surface area (Å²) in [7, 11) is -3.18. The molecule has 1 saturated heterocycles. The number of ether oxygens (including phenoxy) is 1. The standard InChI is InChI=1S/C19H24O4S/c1-2-19(20)18(13-14-9-11-23-12-10-14)15-3-5-16(6-4-15)24(21,22)17-7-8-17/h2-6,14,17-18H,1,7-13H2. The SMILES string of the molecule is C=CC(=O)C(CC1CCOCC1)c1ccc(S(=O)(=O)C2CC2)cc1. The quantitative estimate of drug-likeness (QED) is 0.710. The van der Waals surface area contributed by atoms with Crippen LogP contribution in [0.15, 0.2) is 41.8 Å². The molecule has 130 valence electrons. The van der Waals surface area contributed by atoms with Crippen LogP contribution in [-0.2, 0) is 19.4 Å². The monoisotopic (exact) mass is 348 g/mol. The van der Waals surface area contributed by atoms with Gasteiger partial charge in [0.05, 0.1) is 10.1 Å². The summed E-state index contributed by atoms with van der Waals surface area (Å²) in [5.41, 5.74) is 0.876. The van der Waals surface area contributed by atoms with Crippen LogP contribution in [0.3, 0.4) is 0 Å². The van der Waals surface area contributed by atoms with Gasteiger partial charge in [-0.25, -0.2) is 8.42 Å². The van der Waals surface area contributed by atoms with E-state index < -0.39 is 9.84 Å². The van der Waals surface area contributed by atoms with E-state index in [2.05, 4.69) is 6.58 Å². The van der Waals surface area contributed by atoms with Gasteiger partial charge in [0.15, 0.2) is 15.6 Å². The van der Waals surface area contributed by atoms with Crippen molar-refractivity contribution in [3.63, 3.8) is 0 Å². The molecule has 3 rings (SSSR count). The summed E-state index contributed by atoms with van der Waals surface area (Å²) in [4.78, 5) is 12.7. The lowest BCUT2D eigenvalue weighted by molar-refractivity contribution is -0.116. The Labute approximate surface area is 143 Å². The van der Waals surface area contributed by atoms with Crippen LogP contribution in [-0.4, -0.2) is 32.7 Å². The largest absolute Gasteiger partial charge is 0.381 e. The molecular formula is C19H24O4S. The number of benzene rings is 1. The smallest absolute Gasteiger partial charge is 0.181 e. The molecule has 0 spiro atoms. The zero-order valence-corrected chi connectivity index (χ0v) is 14.6. The van der Waals surface area contributed by atoms with Gasteiger partial charge in [-0.15, -0.1) is 0 Å². The first kappa shape index (κ1) is 17.4. The van der Waals surface area contributed by atoms with Gasteiger partial charge in [-0.2, -0.15) is 0 Å². The lowest BCUT2D eigenvalue weighted by Gasteiger charge is -2.26. The summed E-state index contributed by atoms with van der Waals surface area (Å²) in [5.74, 6) is 0.213. The first-order chi connectivity index (χ1) is 11.5. The Hall–Kier alpha value is -1.46. The van der Waals surface area contributed by atoms with E-state index in [4.69, 9.17) is 4.74 Å². The van der Waals surface area contributed by atoms with Crippen molar-refractivity contribution in [1.82, 2.24) is 0 Å². The zero-order valence-electron chi connectivity index (χ0n) is 13.8. The molecule has 0 N–H and O–H groups in total. The van der Waals surface area contributed by atoms with E-state index in [1.165, 1.54) is 6.08 Å². The number of sulfone groups is 1. The first-order valence-corrected chi connectivity index (χ1v) is 10.1. The third-order valence-electron chi connectivity index (χ3n) is 5.03. The van der Waals surface area contributed by atoms with E-state index in [0.29, 0.717) is 10.8 Å². The zero-order chi connectivity index (χ0) is 17.2. The van der Waals surface area contributed by atoms with Gasteiger partial charge in [-0.05, 0) is 61.8 Å². The predicted molar refractivity (Wildman–Crippen MR) is 92.8 cm³/mol. The van der Waals surface area contributed by atoms with Crippen LogP contribution >= 0.6 is 0 Å². The molecule has 1 aliphatic heterocycles. The second kappa shape index (κ2) is 7.19. The lowest BCUT2D eigenvalue weighted by atomic mass is 9.83. The number of rotatable bonds is 7. The number of carbonyl (C=O) groups excluding carboxylic acids is 1. The Balaban J connectivity index is 1.79. The Bertz CT molecular complexity index is 695. The Kier molecular flexibility index (Phi) is 5.21. The van der Waals surface area contributed by atoms with Crippen LogP contribution < -0.4 is 0 Å². The van der Waals surface area contributed by atoms with Crippen LogP contribution in [0, 0.1) is 5.92 Å². The van der Waals surface area contributed by atoms with Gasteiger partial charge in [-0.1, -0.05) is 18.7 Å². The van der Waals surface area contributed by atoms with Gasteiger partial charge in [0.1, 0.15) is 0 Å². The summed E-state index contributed by atoms with van der Waals surface area (Å²) in [6.45, 7) is 5.11. The van der Waals surface area contributed by atoms with Crippen LogP contribution in [0.5, 0.6) is 0 Å². The van der Waals surface area contributed by atoms with Gasteiger partial charge in [-0.3, -0.25) is 4.79 Å². The molecule has 1 unspecified atom stereocenters. The van der Waals surface area contributed by atoms with Gasteiger partial charge < -0.3 is 4.74 Å². The maximum atomic E-state index is 12.3. The van der Waals surface area contributed by atoms with Crippen molar-refractivity contribution in [3.8, 4) is 0 Å². The first-order valence-electron chi connectivity index (χ1n) is 8.60. The molecule has 1 aromatic carbocycles. The van der Waals surface area contributed by atoms with Crippen molar-refractivity contribution in [2.75, 3.05) is 13.2 Å². The third kappa shape index (κ3) is 3.78. The Morgan fingerprint density at radius 2 is 1.79 bits per heavy atom. The summed E-state index contributed by atoms with van der Waals surface area (Å²) in [5, 5.41) is -0.212. The maximum Gasteiger partial charge on any atom is 0.181 e. The molecule has 24 heavy (non-hydrogen) atoms.